The lowest BCUT2D eigenvalue weighted by Crippen LogP contribution is -1.98. The molecule has 54 valence electrons. The highest BCUT2D eigenvalue weighted by atomic mass is 16.1. The highest BCUT2D eigenvalue weighted by molar-refractivity contribution is 5.49. The van der Waals surface area contributed by atoms with E-state index in [0.717, 1.165) is 12.1 Å². The highest BCUT2D eigenvalue weighted by Gasteiger charge is 1.97. The summed E-state index contributed by atoms with van der Waals surface area (Å²) < 4.78 is 1.70. The van der Waals surface area contributed by atoms with Crippen LogP contribution in [0.5, 0.6) is 0 Å². The smallest absolute Gasteiger partial charge is 0.141 e. The maximum atomic E-state index is 10.0. The molecule has 10 heavy (non-hydrogen) atoms. The molecule has 2 N–H and O–H groups in total. The molecule has 0 aliphatic rings. The summed E-state index contributed by atoms with van der Waals surface area (Å²) >= 11 is 0. The van der Waals surface area contributed by atoms with Crippen LogP contribution in [0, 0.1) is 6.92 Å². The lowest BCUT2D eigenvalue weighted by Gasteiger charge is -1.94. The van der Waals surface area contributed by atoms with Gasteiger partial charge in [0.25, 0.3) is 0 Å². The molecule has 4 heteroatoms. The standard InChI is InChI=1S/C6H9N3O/c1-5-8-6(7)4-9(5)2-3-10/h3-4H,2,7H2,1H3. The predicted molar refractivity (Wildman–Crippen MR) is 37.4 cm³/mol. The lowest BCUT2D eigenvalue weighted by molar-refractivity contribution is -0.108. The first-order valence-electron chi connectivity index (χ1n) is 2.97. The van der Waals surface area contributed by atoms with Gasteiger partial charge in [0.2, 0.25) is 0 Å². The Balaban J connectivity index is 2.91. The third kappa shape index (κ3) is 1.15. The first kappa shape index (κ1) is 6.80. The average molecular weight is 139 g/mol. The molecule has 0 aliphatic heterocycles. The van der Waals surface area contributed by atoms with Gasteiger partial charge in [-0.2, -0.15) is 0 Å². The van der Waals surface area contributed by atoms with Crippen LogP contribution in [0.4, 0.5) is 5.82 Å². The number of carbonyl (C=O) groups is 1. The summed E-state index contributed by atoms with van der Waals surface area (Å²) in [6.45, 7) is 2.13. The van der Waals surface area contributed by atoms with Crippen molar-refractivity contribution in [3.05, 3.63) is 12.0 Å². The maximum Gasteiger partial charge on any atom is 0.141 e. The van der Waals surface area contributed by atoms with Gasteiger partial charge in [0.1, 0.15) is 17.9 Å². The Morgan fingerprint density at radius 2 is 2.60 bits per heavy atom. The Hall–Kier alpha value is -1.32. The van der Waals surface area contributed by atoms with Gasteiger partial charge < -0.3 is 15.1 Å². The van der Waals surface area contributed by atoms with Crippen molar-refractivity contribution in [1.29, 1.82) is 0 Å². The van der Waals surface area contributed by atoms with Crippen molar-refractivity contribution in [3.8, 4) is 0 Å². The number of hydrogen-bond donors (Lipinski definition) is 1. The SMILES string of the molecule is Cc1nc(N)cn1CC=O. The van der Waals surface area contributed by atoms with Gasteiger partial charge in [-0.05, 0) is 6.92 Å². The van der Waals surface area contributed by atoms with Crippen molar-refractivity contribution >= 4 is 12.1 Å². The van der Waals surface area contributed by atoms with Crippen molar-refractivity contribution < 1.29 is 4.79 Å². The van der Waals surface area contributed by atoms with E-state index in [9.17, 15) is 4.79 Å². The molecule has 0 aromatic carbocycles. The van der Waals surface area contributed by atoms with Crippen molar-refractivity contribution in [2.24, 2.45) is 0 Å². The van der Waals surface area contributed by atoms with E-state index in [1.54, 1.807) is 17.7 Å². The van der Waals surface area contributed by atoms with Crippen LogP contribution in [-0.2, 0) is 11.3 Å². The molecule has 4 nitrogen and oxygen atoms in total. The normalized spacial score (nSPS) is 9.70. The Morgan fingerprint density at radius 1 is 1.90 bits per heavy atom. The van der Waals surface area contributed by atoms with Crippen LogP contribution < -0.4 is 5.73 Å². The fourth-order valence-electron chi connectivity index (χ4n) is 0.798. The quantitative estimate of drug-likeness (QED) is 0.585. The second kappa shape index (κ2) is 2.51. The molecular weight excluding hydrogens is 130 g/mol. The molecule has 1 aromatic heterocycles. The van der Waals surface area contributed by atoms with Gasteiger partial charge in [-0.15, -0.1) is 0 Å². The zero-order valence-electron chi connectivity index (χ0n) is 5.74. The van der Waals surface area contributed by atoms with Crippen LogP contribution in [0.1, 0.15) is 5.82 Å². The number of nitrogens with zero attached hydrogens (tertiary/aromatic N) is 2. The molecule has 0 spiro atoms. The molecule has 1 heterocycles. The first-order chi connectivity index (χ1) is 4.74. The van der Waals surface area contributed by atoms with Gasteiger partial charge in [0, 0.05) is 6.20 Å². The number of anilines is 1. The highest BCUT2D eigenvalue weighted by Crippen LogP contribution is 2.01. The van der Waals surface area contributed by atoms with Gasteiger partial charge in [-0.1, -0.05) is 0 Å². The Labute approximate surface area is 58.7 Å². The van der Waals surface area contributed by atoms with Gasteiger partial charge in [0.15, 0.2) is 0 Å². The fraction of sp³-hybridized carbons (Fsp3) is 0.333. The predicted octanol–water partition coefficient (Wildman–Crippen LogP) is -0.0274. The number of imidazole rings is 1. The molecule has 1 rings (SSSR count). The molecule has 0 unspecified atom stereocenters. The van der Waals surface area contributed by atoms with E-state index < -0.39 is 0 Å². The Bertz CT molecular complexity index is 241. The van der Waals surface area contributed by atoms with Crippen LogP contribution in [0.25, 0.3) is 0 Å². The fourth-order valence-corrected chi connectivity index (χ4v) is 0.798. The van der Waals surface area contributed by atoms with Gasteiger partial charge in [-0.3, -0.25) is 0 Å². The van der Waals surface area contributed by atoms with E-state index in [2.05, 4.69) is 4.98 Å². The number of nitrogen functional groups attached to an aromatic ring is 1. The average Bonchev–Trinajstić information content (AvgIpc) is 2.13. The molecule has 0 fully saturated rings. The topological polar surface area (TPSA) is 60.9 Å². The van der Waals surface area contributed by atoms with Crippen LogP contribution in [0.15, 0.2) is 6.20 Å². The van der Waals surface area contributed by atoms with E-state index >= 15 is 0 Å². The molecule has 0 amide bonds. The van der Waals surface area contributed by atoms with Crippen LogP contribution in [0.2, 0.25) is 0 Å². The summed E-state index contributed by atoms with van der Waals surface area (Å²) in [6, 6.07) is 0. The van der Waals surface area contributed by atoms with E-state index in [4.69, 9.17) is 5.73 Å². The molecule has 0 saturated heterocycles. The third-order valence-electron chi connectivity index (χ3n) is 1.27. The van der Waals surface area contributed by atoms with Crippen LogP contribution >= 0.6 is 0 Å². The number of hydrogen-bond acceptors (Lipinski definition) is 3. The molecule has 0 saturated carbocycles. The number of carbonyl (C=O) groups excluding carboxylic acids is 1. The first-order valence-corrected chi connectivity index (χ1v) is 2.97. The van der Waals surface area contributed by atoms with Gasteiger partial charge >= 0.3 is 0 Å². The van der Waals surface area contributed by atoms with E-state index in [-0.39, 0.29) is 0 Å². The minimum atomic E-state index is 0.329. The summed E-state index contributed by atoms with van der Waals surface area (Å²) in [6.07, 6.45) is 2.46. The summed E-state index contributed by atoms with van der Waals surface area (Å²) in [5.41, 5.74) is 5.36. The van der Waals surface area contributed by atoms with Crippen molar-refractivity contribution in [3.63, 3.8) is 0 Å². The summed E-state index contributed by atoms with van der Waals surface area (Å²) in [5.74, 6) is 1.23. The molecule has 0 radical (unpaired) electrons. The van der Waals surface area contributed by atoms with Crippen molar-refractivity contribution in [2.75, 3.05) is 5.73 Å². The number of nitrogens with two attached hydrogens (primary N) is 1. The van der Waals surface area contributed by atoms with Gasteiger partial charge in [-0.25, -0.2) is 4.98 Å². The monoisotopic (exact) mass is 139 g/mol. The number of aryl methyl sites for hydroxylation is 1. The number of aldehydes is 1. The van der Waals surface area contributed by atoms with Crippen molar-refractivity contribution in [1.82, 2.24) is 9.55 Å². The summed E-state index contributed by atoms with van der Waals surface area (Å²) in [4.78, 5) is 14.0. The largest absolute Gasteiger partial charge is 0.382 e. The van der Waals surface area contributed by atoms with E-state index in [1.165, 1.54) is 0 Å². The number of aromatic nitrogens is 2. The summed E-state index contributed by atoms with van der Waals surface area (Å²) in [5, 5.41) is 0. The third-order valence-corrected chi connectivity index (χ3v) is 1.27. The van der Waals surface area contributed by atoms with E-state index in [0.29, 0.717) is 12.4 Å². The minimum absolute atomic E-state index is 0.329. The van der Waals surface area contributed by atoms with Crippen LogP contribution in [0.3, 0.4) is 0 Å². The zero-order chi connectivity index (χ0) is 7.56. The Morgan fingerprint density at radius 3 is 3.00 bits per heavy atom. The summed E-state index contributed by atoms with van der Waals surface area (Å²) in [7, 11) is 0. The minimum Gasteiger partial charge on any atom is -0.382 e. The van der Waals surface area contributed by atoms with Crippen molar-refractivity contribution in [2.45, 2.75) is 13.5 Å². The molecule has 0 aliphatic carbocycles. The number of rotatable bonds is 2. The van der Waals surface area contributed by atoms with Crippen LogP contribution in [-0.4, -0.2) is 15.8 Å². The molecular formula is C6H9N3O. The molecule has 1 aromatic rings. The molecule has 0 atom stereocenters. The lowest BCUT2D eigenvalue weighted by atomic mass is 10.6. The van der Waals surface area contributed by atoms with E-state index in [1.807, 2.05) is 0 Å². The van der Waals surface area contributed by atoms with Gasteiger partial charge in [0.05, 0.1) is 6.54 Å². The second-order valence-electron chi connectivity index (χ2n) is 2.03. The maximum absolute atomic E-state index is 10.0. The Kier molecular flexibility index (Phi) is 1.71. The molecule has 0 bridgehead atoms. The second-order valence-corrected chi connectivity index (χ2v) is 2.03. The zero-order valence-corrected chi connectivity index (χ0v) is 5.74.